The Morgan fingerprint density at radius 1 is 1.50 bits per heavy atom. The van der Waals surface area contributed by atoms with Crippen LogP contribution in [0.25, 0.3) is 6.08 Å². The van der Waals surface area contributed by atoms with Gasteiger partial charge in [-0.05, 0) is 17.7 Å². The lowest BCUT2D eigenvalue weighted by Crippen LogP contribution is -2.01. The van der Waals surface area contributed by atoms with Crippen LogP contribution in [0.15, 0.2) is 29.2 Å². The molecule has 0 spiro atoms. The van der Waals surface area contributed by atoms with Crippen molar-refractivity contribution in [2.24, 2.45) is 0 Å². The summed E-state index contributed by atoms with van der Waals surface area (Å²) < 4.78 is 0. The fraction of sp³-hybridized carbons (Fsp3) is 0. The summed E-state index contributed by atoms with van der Waals surface area (Å²) in [6.07, 6.45) is 3.85. The molecule has 0 fully saturated rings. The highest BCUT2D eigenvalue weighted by atomic mass is 16.4. The van der Waals surface area contributed by atoms with Gasteiger partial charge < -0.3 is 10.1 Å². The first-order valence-electron chi connectivity index (χ1n) is 3.28. The molecular weight excluding hydrogens is 158 g/mol. The van der Waals surface area contributed by atoms with E-state index in [2.05, 4.69) is 4.98 Å². The highest BCUT2D eigenvalue weighted by Gasteiger charge is 1.88. The molecule has 1 aromatic rings. The molecule has 12 heavy (non-hydrogen) atoms. The summed E-state index contributed by atoms with van der Waals surface area (Å²) in [5.41, 5.74) is 0.444. The molecule has 1 heterocycles. The Balaban J connectivity index is 2.84. The van der Waals surface area contributed by atoms with Gasteiger partial charge in [0, 0.05) is 18.3 Å². The Kier molecular flexibility index (Phi) is 2.42. The Bertz CT molecular complexity index is 344. The minimum Gasteiger partial charge on any atom is -0.478 e. The number of hydrogen-bond acceptors (Lipinski definition) is 2. The number of carboxylic acid groups (broad SMARTS) is 1. The largest absolute Gasteiger partial charge is 0.478 e. The van der Waals surface area contributed by atoms with Crippen molar-refractivity contribution >= 4 is 12.0 Å². The van der Waals surface area contributed by atoms with Crippen molar-refractivity contribution in [2.45, 2.75) is 0 Å². The first kappa shape index (κ1) is 8.26. The van der Waals surface area contributed by atoms with Crippen LogP contribution in [0.1, 0.15) is 5.56 Å². The molecule has 0 aromatic carbocycles. The van der Waals surface area contributed by atoms with Crippen molar-refractivity contribution in [3.05, 3.63) is 40.3 Å². The zero-order chi connectivity index (χ0) is 8.97. The number of rotatable bonds is 2. The van der Waals surface area contributed by atoms with Crippen LogP contribution in [-0.4, -0.2) is 16.1 Å². The molecule has 1 aromatic heterocycles. The van der Waals surface area contributed by atoms with Crippen LogP contribution in [0, 0.1) is 0 Å². The first-order chi connectivity index (χ1) is 5.68. The maximum absolute atomic E-state index is 10.6. The SMILES string of the molecule is O=C(O)C=Cc1ccc(=O)[nH]c1. The van der Waals surface area contributed by atoms with Gasteiger partial charge in [-0.1, -0.05) is 0 Å². The fourth-order valence-electron chi connectivity index (χ4n) is 0.694. The van der Waals surface area contributed by atoms with Gasteiger partial charge in [-0.3, -0.25) is 4.79 Å². The van der Waals surface area contributed by atoms with Crippen LogP contribution in [0.2, 0.25) is 0 Å². The summed E-state index contributed by atoms with van der Waals surface area (Å²) in [6.45, 7) is 0. The third kappa shape index (κ3) is 2.42. The summed E-state index contributed by atoms with van der Waals surface area (Å²) in [7, 11) is 0. The van der Waals surface area contributed by atoms with E-state index >= 15 is 0 Å². The number of H-pyrrole nitrogens is 1. The lowest BCUT2D eigenvalue weighted by Gasteiger charge is -1.88. The van der Waals surface area contributed by atoms with Gasteiger partial charge in [0.1, 0.15) is 0 Å². The third-order valence-electron chi connectivity index (χ3n) is 1.23. The van der Waals surface area contributed by atoms with Crippen LogP contribution in [0.5, 0.6) is 0 Å². The van der Waals surface area contributed by atoms with E-state index in [0.717, 1.165) is 6.08 Å². The predicted molar refractivity (Wildman–Crippen MR) is 43.7 cm³/mol. The Morgan fingerprint density at radius 2 is 2.25 bits per heavy atom. The number of pyridine rings is 1. The minimum atomic E-state index is -1.01. The molecule has 1 rings (SSSR count). The van der Waals surface area contributed by atoms with Gasteiger partial charge >= 0.3 is 5.97 Å². The van der Waals surface area contributed by atoms with E-state index in [-0.39, 0.29) is 5.56 Å². The molecule has 0 aliphatic heterocycles. The molecular formula is C8H7NO3. The summed E-state index contributed by atoms with van der Waals surface area (Å²) in [5.74, 6) is -1.01. The van der Waals surface area contributed by atoms with Gasteiger partial charge in [0.05, 0.1) is 0 Å². The fourth-order valence-corrected chi connectivity index (χ4v) is 0.694. The smallest absolute Gasteiger partial charge is 0.328 e. The number of nitrogens with one attached hydrogen (secondary N) is 1. The molecule has 4 nitrogen and oxygen atoms in total. The standard InChI is InChI=1S/C8H7NO3/c10-7-3-1-6(5-9-7)2-4-8(11)12/h1-5H,(H,9,10)(H,11,12). The van der Waals surface area contributed by atoms with Crippen LogP contribution in [0.3, 0.4) is 0 Å². The molecule has 0 saturated heterocycles. The second kappa shape index (κ2) is 3.52. The summed E-state index contributed by atoms with van der Waals surface area (Å²) in [5, 5.41) is 8.27. The van der Waals surface area contributed by atoms with Crippen LogP contribution in [0.4, 0.5) is 0 Å². The second-order valence-electron chi connectivity index (χ2n) is 2.16. The van der Waals surface area contributed by atoms with E-state index in [1.54, 1.807) is 0 Å². The topological polar surface area (TPSA) is 70.2 Å². The molecule has 2 N–H and O–H groups in total. The molecule has 4 heteroatoms. The molecule has 0 unspecified atom stereocenters. The highest BCUT2D eigenvalue weighted by molar-refractivity contribution is 5.85. The van der Waals surface area contributed by atoms with Gasteiger partial charge in [-0.15, -0.1) is 0 Å². The average Bonchev–Trinajstić information content (AvgIpc) is 2.03. The lowest BCUT2D eigenvalue weighted by atomic mass is 10.2. The molecule has 0 aliphatic rings. The van der Waals surface area contributed by atoms with Crippen molar-refractivity contribution < 1.29 is 9.90 Å². The van der Waals surface area contributed by atoms with E-state index in [1.165, 1.54) is 24.4 Å². The van der Waals surface area contributed by atoms with E-state index in [0.29, 0.717) is 5.56 Å². The summed E-state index contributed by atoms with van der Waals surface area (Å²) in [6, 6.07) is 2.87. The number of aromatic nitrogens is 1. The molecule has 0 radical (unpaired) electrons. The quantitative estimate of drug-likeness (QED) is 0.626. The highest BCUT2D eigenvalue weighted by Crippen LogP contribution is 1.95. The summed E-state index contributed by atoms with van der Waals surface area (Å²) in [4.78, 5) is 23.1. The van der Waals surface area contributed by atoms with Crippen molar-refractivity contribution in [3.63, 3.8) is 0 Å². The van der Waals surface area contributed by atoms with Crippen molar-refractivity contribution in [1.82, 2.24) is 4.98 Å². The van der Waals surface area contributed by atoms with Crippen molar-refractivity contribution in [2.75, 3.05) is 0 Å². The zero-order valence-corrected chi connectivity index (χ0v) is 6.15. The van der Waals surface area contributed by atoms with Gasteiger partial charge in [0.2, 0.25) is 5.56 Å². The number of carboxylic acids is 1. The molecule has 0 aliphatic carbocycles. The molecule has 0 saturated carbocycles. The Morgan fingerprint density at radius 3 is 2.75 bits per heavy atom. The normalized spacial score (nSPS) is 10.3. The number of aliphatic carboxylic acids is 1. The van der Waals surface area contributed by atoms with Gasteiger partial charge in [-0.25, -0.2) is 4.79 Å². The van der Waals surface area contributed by atoms with Gasteiger partial charge in [0.15, 0.2) is 0 Å². The van der Waals surface area contributed by atoms with E-state index in [1.807, 2.05) is 0 Å². The number of aromatic amines is 1. The Hall–Kier alpha value is -1.84. The van der Waals surface area contributed by atoms with Crippen molar-refractivity contribution in [3.8, 4) is 0 Å². The monoisotopic (exact) mass is 165 g/mol. The number of hydrogen-bond donors (Lipinski definition) is 2. The molecule has 0 atom stereocenters. The second-order valence-corrected chi connectivity index (χ2v) is 2.16. The average molecular weight is 165 g/mol. The first-order valence-corrected chi connectivity index (χ1v) is 3.28. The molecule has 62 valence electrons. The number of carbonyl (C=O) groups is 1. The van der Waals surface area contributed by atoms with Gasteiger partial charge in [0.25, 0.3) is 0 Å². The van der Waals surface area contributed by atoms with Crippen molar-refractivity contribution in [1.29, 1.82) is 0 Å². The predicted octanol–water partition coefficient (Wildman–Crippen LogP) is 0.473. The van der Waals surface area contributed by atoms with E-state index in [9.17, 15) is 9.59 Å². The van der Waals surface area contributed by atoms with Gasteiger partial charge in [-0.2, -0.15) is 0 Å². The van der Waals surface area contributed by atoms with Crippen LogP contribution < -0.4 is 5.56 Å². The Labute approximate surface area is 68.2 Å². The maximum Gasteiger partial charge on any atom is 0.328 e. The van der Waals surface area contributed by atoms with Crippen LogP contribution >= 0.6 is 0 Å². The lowest BCUT2D eigenvalue weighted by molar-refractivity contribution is -0.131. The zero-order valence-electron chi connectivity index (χ0n) is 6.15. The summed E-state index contributed by atoms with van der Waals surface area (Å²) >= 11 is 0. The van der Waals surface area contributed by atoms with Crippen LogP contribution in [-0.2, 0) is 4.79 Å². The molecule has 0 bridgehead atoms. The third-order valence-corrected chi connectivity index (χ3v) is 1.23. The minimum absolute atomic E-state index is 0.206. The van der Waals surface area contributed by atoms with E-state index in [4.69, 9.17) is 5.11 Å². The molecule has 0 amide bonds. The van der Waals surface area contributed by atoms with E-state index < -0.39 is 5.97 Å². The maximum atomic E-state index is 10.6.